The maximum atomic E-state index is 11.0. The number of hydrogen-bond donors (Lipinski definition) is 10. The monoisotopic (exact) mass is 467 g/mol. The highest BCUT2D eigenvalue weighted by molar-refractivity contribution is 5.01. The Bertz CT molecular complexity index is 607. The van der Waals surface area contributed by atoms with E-state index in [1.165, 1.54) is 0 Å². The number of aliphatic hydroxyl groups is 5. The van der Waals surface area contributed by atoms with Crippen LogP contribution in [-0.2, 0) is 18.9 Å². The number of nitrogens with two attached hydrogens (primary N) is 5. The summed E-state index contributed by atoms with van der Waals surface area (Å²) in [5, 5.41) is 50.7. The van der Waals surface area contributed by atoms with Crippen molar-refractivity contribution in [1.82, 2.24) is 0 Å². The number of ether oxygens (including phenoxy) is 4. The second kappa shape index (κ2) is 10.8. The lowest BCUT2D eigenvalue weighted by Crippen LogP contribution is -2.68. The fourth-order valence-corrected chi connectivity index (χ4v) is 4.43. The first-order valence-electron chi connectivity index (χ1n) is 10.8. The van der Waals surface area contributed by atoms with Crippen molar-refractivity contribution in [2.45, 2.75) is 98.4 Å². The van der Waals surface area contributed by atoms with Crippen molar-refractivity contribution in [3.8, 4) is 0 Å². The van der Waals surface area contributed by atoms with Gasteiger partial charge in [-0.15, -0.1) is 0 Å². The lowest BCUT2D eigenvalue weighted by Gasteiger charge is -2.47. The second-order valence-corrected chi connectivity index (χ2v) is 8.78. The van der Waals surface area contributed by atoms with E-state index in [-0.39, 0.29) is 19.4 Å². The Morgan fingerprint density at radius 3 is 1.84 bits per heavy atom. The molecule has 3 fully saturated rings. The first-order valence-corrected chi connectivity index (χ1v) is 10.8. The van der Waals surface area contributed by atoms with E-state index < -0.39 is 92.2 Å². The van der Waals surface area contributed by atoms with E-state index >= 15 is 0 Å². The maximum absolute atomic E-state index is 11.0. The van der Waals surface area contributed by atoms with Crippen molar-refractivity contribution in [2.24, 2.45) is 28.7 Å². The van der Waals surface area contributed by atoms with Gasteiger partial charge in [-0.2, -0.15) is 0 Å². The van der Waals surface area contributed by atoms with Crippen molar-refractivity contribution in [1.29, 1.82) is 0 Å². The van der Waals surface area contributed by atoms with Crippen molar-refractivity contribution < 1.29 is 44.5 Å². The van der Waals surface area contributed by atoms with Gasteiger partial charge in [-0.3, -0.25) is 0 Å². The summed E-state index contributed by atoms with van der Waals surface area (Å²) in [6, 6.07) is -3.27. The van der Waals surface area contributed by atoms with Crippen LogP contribution in [0.15, 0.2) is 0 Å². The Labute approximate surface area is 185 Å². The van der Waals surface area contributed by atoms with E-state index in [0.717, 1.165) is 0 Å². The topological polar surface area (TPSA) is 268 Å². The molecule has 0 bridgehead atoms. The first kappa shape index (κ1) is 26.1. The Morgan fingerprint density at radius 1 is 0.719 bits per heavy atom. The molecule has 0 radical (unpaired) electrons. The molecule has 0 amide bonds. The lowest BCUT2D eigenvalue weighted by atomic mass is 9.84. The van der Waals surface area contributed by atoms with E-state index in [0.29, 0.717) is 0 Å². The highest BCUT2D eigenvalue weighted by Crippen LogP contribution is 2.30. The summed E-state index contributed by atoms with van der Waals surface area (Å²) in [5.41, 5.74) is 29.8. The molecule has 0 aromatic carbocycles. The van der Waals surface area contributed by atoms with Gasteiger partial charge in [0, 0.05) is 18.6 Å². The summed E-state index contributed by atoms with van der Waals surface area (Å²) < 4.78 is 22.7. The van der Waals surface area contributed by atoms with Crippen molar-refractivity contribution in [3.63, 3.8) is 0 Å². The maximum Gasteiger partial charge on any atom is 0.186 e. The highest BCUT2D eigenvalue weighted by atomic mass is 16.7. The van der Waals surface area contributed by atoms with Crippen LogP contribution in [0.5, 0.6) is 0 Å². The predicted octanol–water partition coefficient (Wildman–Crippen LogP) is -6.30. The zero-order chi connectivity index (χ0) is 23.7. The smallest absolute Gasteiger partial charge is 0.186 e. The highest BCUT2D eigenvalue weighted by Gasteiger charge is 2.50. The standard InChI is InChI=1S/C18H37N5O9/c19-3-9-8(25)2-7(22)17(29-9)31-15-5(20)1-6(21)16(14(15)28)32-18-13(27)11(23)12(26)10(4-24)30-18/h5-18,24-28H,1-4,19-23H2/t5-,6+,7+,8+,9+,10+,11-,12-,13+,14+,15-,16-,17+,18+/m1/s1. The average Bonchev–Trinajstić information content (AvgIpc) is 2.75. The molecule has 15 N–H and O–H groups in total. The van der Waals surface area contributed by atoms with E-state index in [1.807, 2.05) is 0 Å². The largest absolute Gasteiger partial charge is 0.394 e. The van der Waals surface area contributed by atoms with E-state index in [2.05, 4.69) is 0 Å². The molecule has 32 heavy (non-hydrogen) atoms. The molecule has 1 aliphatic carbocycles. The number of rotatable bonds is 6. The minimum absolute atomic E-state index is 0.0542. The molecule has 0 aromatic rings. The first-order chi connectivity index (χ1) is 15.1. The summed E-state index contributed by atoms with van der Waals surface area (Å²) in [6.07, 6.45) is -10.8. The van der Waals surface area contributed by atoms with Gasteiger partial charge in [0.2, 0.25) is 0 Å². The molecule has 2 saturated heterocycles. The number of hydrogen-bond acceptors (Lipinski definition) is 14. The van der Waals surface area contributed by atoms with Crippen LogP contribution in [0.25, 0.3) is 0 Å². The number of aliphatic hydroxyl groups excluding tert-OH is 5. The molecule has 14 heteroatoms. The van der Waals surface area contributed by atoms with Crippen LogP contribution in [0.3, 0.4) is 0 Å². The van der Waals surface area contributed by atoms with E-state index in [1.54, 1.807) is 0 Å². The van der Waals surface area contributed by atoms with Crippen LogP contribution in [0.1, 0.15) is 12.8 Å². The molecule has 3 rings (SSSR count). The molecule has 0 spiro atoms. The van der Waals surface area contributed by atoms with E-state index in [4.69, 9.17) is 47.6 Å². The molecular weight excluding hydrogens is 430 g/mol. The van der Waals surface area contributed by atoms with Crippen LogP contribution in [0.2, 0.25) is 0 Å². The minimum Gasteiger partial charge on any atom is -0.394 e. The summed E-state index contributed by atoms with van der Waals surface area (Å²) in [6.45, 7) is -0.499. The Balaban J connectivity index is 1.70. The van der Waals surface area contributed by atoms with Gasteiger partial charge in [0.25, 0.3) is 0 Å². The van der Waals surface area contributed by atoms with Crippen LogP contribution >= 0.6 is 0 Å². The van der Waals surface area contributed by atoms with Crippen molar-refractivity contribution >= 4 is 0 Å². The average molecular weight is 468 g/mol. The molecule has 2 aliphatic heterocycles. The summed E-state index contributed by atoms with van der Waals surface area (Å²) >= 11 is 0. The van der Waals surface area contributed by atoms with Gasteiger partial charge in [-0.05, 0) is 12.8 Å². The Kier molecular flexibility index (Phi) is 8.79. The zero-order valence-corrected chi connectivity index (χ0v) is 17.7. The fraction of sp³-hybridized carbons (Fsp3) is 1.00. The molecule has 14 atom stereocenters. The Hall–Kier alpha value is -0.560. The molecule has 188 valence electrons. The minimum atomic E-state index is -1.44. The van der Waals surface area contributed by atoms with Gasteiger partial charge in [0.15, 0.2) is 12.6 Å². The molecule has 14 nitrogen and oxygen atoms in total. The van der Waals surface area contributed by atoms with Gasteiger partial charge in [-0.1, -0.05) is 0 Å². The molecule has 1 saturated carbocycles. The molecular formula is C18H37N5O9. The summed E-state index contributed by atoms with van der Waals surface area (Å²) in [7, 11) is 0. The zero-order valence-electron chi connectivity index (χ0n) is 17.7. The third kappa shape index (κ3) is 5.24. The third-order valence-corrected chi connectivity index (χ3v) is 6.41. The summed E-state index contributed by atoms with van der Waals surface area (Å²) in [5.74, 6) is 0. The van der Waals surface area contributed by atoms with Crippen molar-refractivity contribution in [2.75, 3.05) is 13.2 Å². The molecule has 2 heterocycles. The van der Waals surface area contributed by atoms with Crippen LogP contribution < -0.4 is 28.7 Å². The lowest BCUT2D eigenvalue weighted by molar-refractivity contribution is -0.314. The SMILES string of the molecule is NC[C@@H]1O[C@@H](O[C@H]2[C@H](O)[C@H](O[C@@H]3O[C@@H](CO)[C@@H](O)[C@@H](N)[C@@H]3O)[C@@H](N)C[C@H]2N)[C@@H](N)C[C@@H]1O. The van der Waals surface area contributed by atoms with Crippen LogP contribution in [-0.4, -0.2) is 124 Å². The van der Waals surface area contributed by atoms with Gasteiger partial charge < -0.3 is 73.1 Å². The van der Waals surface area contributed by atoms with Crippen LogP contribution in [0.4, 0.5) is 0 Å². The second-order valence-electron chi connectivity index (χ2n) is 8.78. The van der Waals surface area contributed by atoms with Gasteiger partial charge in [-0.25, -0.2) is 0 Å². The van der Waals surface area contributed by atoms with E-state index in [9.17, 15) is 25.5 Å². The summed E-state index contributed by atoms with van der Waals surface area (Å²) in [4.78, 5) is 0. The predicted molar refractivity (Wildman–Crippen MR) is 108 cm³/mol. The quantitative estimate of drug-likeness (QED) is 0.174. The molecule has 0 unspecified atom stereocenters. The van der Waals surface area contributed by atoms with Gasteiger partial charge in [0.1, 0.15) is 36.6 Å². The molecule has 3 aliphatic rings. The fourth-order valence-electron chi connectivity index (χ4n) is 4.43. The van der Waals surface area contributed by atoms with Gasteiger partial charge in [0.05, 0.1) is 30.9 Å². The Morgan fingerprint density at radius 2 is 1.28 bits per heavy atom. The molecule has 0 aromatic heterocycles. The third-order valence-electron chi connectivity index (χ3n) is 6.41. The van der Waals surface area contributed by atoms with Crippen molar-refractivity contribution in [3.05, 3.63) is 0 Å². The van der Waals surface area contributed by atoms with Gasteiger partial charge >= 0.3 is 0 Å². The van der Waals surface area contributed by atoms with Crippen LogP contribution in [0, 0.1) is 0 Å². The normalized spacial score (nSPS) is 52.7.